The summed E-state index contributed by atoms with van der Waals surface area (Å²) in [6.45, 7) is 1.06. The fourth-order valence-electron chi connectivity index (χ4n) is 1.99. The van der Waals surface area contributed by atoms with Crippen LogP contribution < -0.4 is 10.6 Å². The lowest BCUT2D eigenvalue weighted by atomic mass is 10.0. The molecular weight excluding hydrogens is 196 g/mol. The van der Waals surface area contributed by atoms with Crippen molar-refractivity contribution >= 4 is 17.3 Å². The van der Waals surface area contributed by atoms with Gasteiger partial charge in [-0.05, 0) is 30.5 Å². The lowest BCUT2D eigenvalue weighted by molar-refractivity contribution is 0.633. The van der Waals surface area contributed by atoms with E-state index in [1.165, 1.54) is 11.3 Å². The van der Waals surface area contributed by atoms with Crippen molar-refractivity contribution in [1.29, 1.82) is 0 Å². The van der Waals surface area contributed by atoms with Crippen molar-refractivity contribution in [2.24, 2.45) is 5.73 Å². The Labute approximate surface area is 89.7 Å². The van der Waals surface area contributed by atoms with Crippen LogP contribution in [0.3, 0.4) is 0 Å². The highest BCUT2D eigenvalue weighted by Gasteiger charge is 2.17. The molecule has 0 saturated carbocycles. The van der Waals surface area contributed by atoms with E-state index in [4.69, 9.17) is 17.3 Å². The van der Waals surface area contributed by atoms with Crippen LogP contribution in [0.15, 0.2) is 18.2 Å². The molecule has 2 rings (SSSR count). The summed E-state index contributed by atoms with van der Waals surface area (Å²) in [5, 5.41) is 0.782. The van der Waals surface area contributed by atoms with Gasteiger partial charge >= 0.3 is 0 Å². The third-order valence-corrected chi connectivity index (χ3v) is 3.05. The van der Waals surface area contributed by atoms with Crippen LogP contribution in [0.2, 0.25) is 5.02 Å². The molecule has 1 heterocycles. The van der Waals surface area contributed by atoms with Crippen LogP contribution in [-0.4, -0.2) is 13.6 Å². The number of hydrogen-bond donors (Lipinski definition) is 1. The second kappa shape index (κ2) is 3.79. The van der Waals surface area contributed by atoms with Crippen LogP contribution in [0.4, 0.5) is 5.69 Å². The first kappa shape index (κ1) is 9.81. The molecule has 0 amide bonds. The Balaban J connectivity index is 2.48. The molecular formula is C11H15ClN2. The maximum absolute atomic E-state index is 6.09. The predicted molar refractivity (Wildman–Crippen MR) is 60.9 cm³/mol. The first-order valence-electron chi connectivity index (χ1n) is 4.94. The van der Waals surface area contributed by atoms with E-state index in [-0.39, 0.29) is 6.04 Å². The summed E-state index contributed by atoms with van der Waals surface area (Å²) in [5.41, 5.74) is 8.49. The number of hydrogen-bond acceptors (Lipinski definition) is 2. The van der Waals surface area contributed by atoms with Crippen LogP contribution in [0, 0.1) is 0 Å². The molecule has 1 aliphatic rings. The highest BCUT2D eigenvalue weighted by molar-refractivity contribution is 6.30. The van der Waals surface area contributed by atoms with Gasteiger partial charge in [-0.15, -0.1) is 0 Å². The molecule has 3 heteroatoms. The molecule has 76 valence electrons. The van der Waals surface area contributed by atoms with Crippen LogP contribution in [0.25, 0.3) is 0 Å². The third kappa shape index (κ3) is 1.72. The normalized spacial score (nSPS) is 21.6. The number of halogens is 1. The average Bonchev–Trinajstić information content (AvgIpc) is 2.28. The minimum absolute atomic E-state index is 0.159. The van der Waals surface area contributed by atoms with Crippen molar-refractivity contribution in [1.82, 2.24) is 0 Å². The van der Waals surface area contributed by atoms with Crippen molar-refractivity contribution in [3.05, 3.63) is 28.8 Å². The molecule has 0 radical (unpaired) electrons. The minimum atomic E-state index is 0.159. The number of fused-ring (bicyclic) bond motifs is 1. The Kier molecular flexibility index (Phi) is 2.66. The van der Waals surface area contributed by atoms with Crippen LogP contribution in [0.5, 0.6) is 0 Å². The molecule has 0 aliphatic carbocycles. The fourth-order valence-corrected chi connectivity index (χ4v) is 2.15. The Morgan fingerprint density at radius 3 is 3.07 bits per heavy atom. The molecule has 1 aromatic rings. The Bertz CT molecular complexity index is 338. The highest BCUT2D eigenvalue weighted by Crippen LogP contribution is 2.32. The average molecular weight is 211 g/mol. The Morgan fingerprint density at radius 2 is 2.29 bits per heavy atom. The zero-order valence-corrected chi connectivity index (χ0v) is 9.09. The molecule has 0 bridgehead atoms. The monoisotopic (exact) mass is 210 g/mol. The standard InChI is InChI=1S/C11H15ClN2/c1-14-6-2-3-10(13)9-5-4-8(12)7-11(9)14/h4-5,7,10H,2-3,6,13H2,1H3. The summed E-state index contributed by atoms with van der Waals surface area (Å²) in [5.74, 6) is 0. The SMILES string of the molecule is CN1CCCC(N)c2ccc(Cl)cc21. The second-order valence-electron chi connectivity index (χ2n) is 3.87. The van der Waals surface area contributed by atoms with E-state index in [9.17, 15) is 0 Å². The summed E-state index contributed by atoms with van der Waals surface area (Å²) in [6.07, 6.45) is 2.20. The zero-order chi connectivity index (χ0) is 10.1. The lowest BCUT2D eigenvalue weighted by Crippen LogP contribution is -2.17. The maximum Gasteiger partial charge on any atom is 0.0426 e. The molecule has 1 atom stereocenters. The highest BCUT2D eigenvalue weighted by atomic mass is 35.5. The van der Waals surface area contributed by atoms with E-state index in [1.807, 2.05) is 18.2 Å². The van der Waals surface area contributed by atoms with Gasteiger partial charge in [0.1, 0.15) is 0 Å². The summed E-state index contributed by atoms with van der Waals surface area (Å²) >= 11 is 5.98. The van der Waals surface area contributed by atoms with E-state index in [2.05, 4.69) is 11.9 Å². The number of nitrogens with zero attached hydrogens (tertiary/aromatic N) is 1. The van der Waals surface area contributed by atoms with Gasteiger partial charge in [0.25, 0.3) is 0 Å². The van der Waals surface area contributed by atoms with E-state index in [1.54, 1.807) is 0 Å². The topological polar surface area (TPSA) is 29.3 Å². The molecule has 1 unspecified atom stereocenters. The molecule has 14 heavy (non-hydrogen) atoms. The summed E-state index contributed by atoms with van der Waals surface area (Å²) < 4.78 is 0. The number of rotatable bonds is 0. The summed E-state index contributed by atoms with van der Waals surface area (Å²) in [4.78, 5) is 2.23. The molecule has 0 fully saturated rings. The molecule has 2 nitrogen and oxygen atoms in total. The third-order valence-electron chi connectivity index (χ3n) is 2.81. The van der Waals surface area contributed by atoms with Crippen LogP contribution in [-0.2, 0) is 0 Å². The zero-order valence-electron chi connectivity index (χ0n) is 8.33. The van der Waals surface area contributed by atoms with Crippen molar-refractivity contribution in [3.8, 4) is 0 Å². The molecule has 0 spiro atoms. The van der Waals surface area contributed by atoms with Gasteiger partial charge in [0.15, 0.2) is 0 Å². The number of nitrogens with two attached hydrogens (primary N) is 1. The van der Waals surface area contributed by atoms with Gasteiger partial charge in [0, 0.05) is 30.3 Å². The van der Waals surface area contributed by atoms with E-state index >= 15 is 0 Å². The number of benzene rings is 1. The van der Waals surface area contributed by atoms with Crippen molar-refractivity contribution in [2.45, 2.75) is 18.9 Å². The molecule has 1 aliphatic heterocycles. The maximum atomic E-state index is 6.09. The largest absolute Gasteiger partial charge is 0.374 e. The first-order valence-corrected chi connectivity index (χ1v) is 5.32. The van der Waals surface area contributed by atoms with Gasteiger partial charge in [-0.2, -0.15) is 0 Å². The molecule has 2 N–H and O–H groups in total. The van der Waals surface area contributed by atoms with Crippen LogP contribution >= 0.6 is 11.6 Å². The van der Waals surface area contributed by atoms with Crippen molar-refractivity contribution in [3.63, 3.8) is 0 Å². The lowest BCUT2D eigenvalue weighted by Gasteiger charge is -2.20. The van der Waals surface area contributed by atoms with Gasteiger partial charge in [-0.3, -0.25) is 0 Å². The Morgan fingerprint density at radius 1 is 1.50 bits per heavy atom. The van der Waals surface area contributed by atoms with Gasteiger partial charge in [0.2, 0.25) is 0 Å². The summed E-state index contributed by atoms with van der Waals surface area (Å²) in [6, 6.07) is 6.12. The van der Waals surface area contributed by atoms with Gasteiger partial charge in [-0.1, -0.05) is 17.7 Å². The van der Waals surface area contributed by atoms with Crippen molar-refractivity contribution in [2.75, 3.05) is 18.5 Å². The molecule has 1 aromatic carbocycles. The van der Waals surface area contributed by atoms with Gasteiger partial charge in [0.05, 0.1) is 0 Å². The number of anilines is 1. The molecule has 0 saturated heterocycles. The van der Waals surface area contributed by atoms with Crippen LogP contribution in [0.1, 0.15) is 24.4 Å². The predicted octanol–water partition coefficient (Wildman–Crippen LogP) is 2.57. The summed E-state index contributed by atoms with van der Waals surface area (Å²) in [7, 11) is 2.09. The second-order valence-corrected chi connectivity index (χ2v) is 4.31. The first-order chi connectivity index (χ1) is 6.68. The Hall–Kier alpha value is -0.730. The van der Waals surface area contributed by atoms with Gasteiger partial charge < -0.3 is 10.6 Å². The van der Waals surface area contributed by atoms with Gasteiger partial charge in [-0.25, -0.2) is 0 Å². The minimum Gasteiger partial charge on any atom is -0.374 e. The molecule has 0 aromatic heterocycles. The quantitative estimate of drug-likeness (QED) is 0.713. The fraction of sp³-hybridized carbons (Fsp3) is 0.455. The van der Waals surface area contributed by atoms with E-state index in [0.717, 1.165) is 24.4 Å². The van der Waals surface area contributed by atoms with E-state index < -0.39 is 0 Å². The smallest absolute Gasteiger partial charge is 0.0426 e. The van der Waals surface area contributed by atoms with E-state index in [0.29, 0.717) is 0 Å². The van der Waals surface area contributed by atoms with Crippen molar-refractivity contribution < 1.29 is 0 Å².